The van der Waals surface area contributed by atoms with Crippen LogP contribution >= 0.6 is 15.9 Å². The molecule has 2 N–H and O–H groups in total. The fourth-order valence-electron chi connectivity index (χ4n) is 2.07. The number of hydrogen-bond donors (Lipinski definition) is 2. The molecule has 0 aromatic heterocycles. The van der Waals surface area contributed by atoms with Crippen molar-refractivity contribution in [1.82, 2.24) is 0 Å². The second-order valence-electron chi connectivity index (χ2n) is 5.55. The van der Waals surface area contributed by atoms with Crippen molar-refractivity contribution in [2.24, 2.45) is 0 Å². The van der Waals surface area contributed by atoms with Gasteiger partial charge in [0.2, 0.25) is 5.91 Å². The summed E-state index contributed by atoms with van der Waals surface area (Å²) in [6.45, 7) is 6.14. The molecule has 0 heterocycles. The smallest absolute Gasteiger partial charge is 0.243 e. The van der Waals surface area contributed by atoms with E-state index in [0.717, 1.165) is 27.2 Å². The fraction of sp³-hybridized carbons (Fsp3) is 0.278. The summed E-state index contributed by atoms with van der Waals surface area (Å²) in [5.41, 5.74) is 2.72. The minimum absolute atomic E-state index is 0.0853. The van der Waals surface area contributed by atoms with Crippen molar-refractivity contribution in [2.45, 2.75) is 26.9 Å². The molecule has 2 aromatic carbocycles. The molecule has 122 valence electrons. The van der Waals surface area contributed by atoms with E-state index in [1.165, 1.54) is 0 Å². The molecule has 5 heteroatoms. The van der Waals surface area contributed by atoms with Gasteiger partial charge in [0.15, 0.2) is 0 Å². The molecular weight excluding hydrogens is 356 g/mol. The first-order valence-electron chi connectivity index (χ1n) is 7.50. The minimum Gasteiger partial charge on any atom is -0.491 e. The number of aryl methyl sites for hydroxylation is 1. The first-order valence-corrected chi connectivity index (χ1v) is 8.30. The van der Waals surface area contributed by atoms with Gasteiger partial charge in [0, 0.05) is 15.8 Å². The summed E-state index contributed by atoms with van der Waals surface area (Å²) >= 11 is 3.41. The molecule has 0 bridgehead atoms. The van der Waals surface area contributed by atoms with E-state index < -0.39 is 0 Å². The average Bonchev–Trinajstić information content (AvgIpc) is 2.49. The van der Waals surface area contributed by atoms with Gasteiger partial charge in [-0.15, -0.1) is 0 Å². The van der Waals surface area contributed by atoms with Gasteiger partial charge >= 0.3 is 0 Å². The number of carbonyl (C=O) groups is 1. The maximum atomic E-state index is 12.0. The van der Waals surface area contributed by atoms with Gasteiger partial charge in [-0.1, -0.05) is 15.9 Å². The molecule has 0 aliphatic carbocycles. The number of hydrogen-bond acceptors (Lipinski definition) is 3. The maximum Gasteiger partial charge on any atom is 0.243 e. The number of anilines is 2. The number of halogens is 1. The minimum atomic E-state index is -0.0853. The topological polar surface area (TPSA) is 50.4 Å². The summed E-state index contributed by atoms with van der Waals surface area (Å²) in [5, 5.41) is 6.00. The molecule has 0 atom stereocenters. The van der Waals surface area contributed by atoms with Gasteiger partial charge < -0.3 is 15.4 Å². The zero-order valence-corrected chi connectivity index (χ0v) is 15.1. The van der Waals surface area contributed by atoms with Crippen LogP contribution in [0.25, 0.3) is 0 Å². The van der Waals surface area contributed by atoms with Crippen LogP contribution in [-0.2, 0) is 4.79 Å². The van der Waals surface area contributed by atoms with Gasteiger partial charge in [0.25, 0.3) is 0 Å². The third-order valence-electron chi connectivity index (χ3n) is 3.14. The third-order valence-corrected chi connectivity index (χ3v) is 3.63. The molecule has 0 aliphatic rings. The molecule has 0 spiro atoms. The lowest BCUT2D eigenvalue weighted by molar-refractivity contribution is -0.114. The zero-order chi connectivity index (χ0) is 16.8. The summed E-state index contributed by atoms with van der Waals surface area (Å²) in [7, 11) is 0. The average molecular weight is 377 g/mol. The number of nitrogens with one attached hydrogen (secondary N) is 2. The first-order chi connectivity index (χ1) is 10.9. The molecule has 23 heavy (non-hydrogen) atoms. The Morgan fingerprint density at radius 3 is 2.48 bits per heavy atom. The van der Waals surface area contributed by atoms with Gasteiger partial charge in [0.1, 0.15) is 5.75 Å². The van der Waals surface area contributed by atoms with Crippen LogP contribution in [0.15, 0.2) is 46.9 Å². The Kier molecular flexibility index (Phi) is 6.04. The van der Waals surface area contributed by atoms with Gasteiger partial charge in [-0.25, -0.2) is 0 Å². The Labute approximate surface area is 145 Å². The number of amides is 1. The first kappa shape index (κ1) is 17.3. The van der Waals surface area contributed by atoms with E-state index in [4.69, 9.17) is 4.74 Å². The third kappa shape index (κ3) is 5.60. The van der Waals surface area contributed by atoms with Crippen molar-refractivity contribution in [1.29, 1.82) is 0 Å². The van der Waals surface area contributed by atoms with E-state index in [-0.39, 0.29) is 18.6 Å². The Bertz CT molecular complexity index is 669. The van der Waals surface area contributed by atoms with Crippen LogP contribution in [0.5, 0.6) is 5.75 Å². The predicted octanol–water partition coefficient (Wildman–Crippen LogP) is 4.60. The number of rotatable bonds is 6. The summed E-state index contributed by atoms with van der Waals surface area (Å²) in [6.07, 6.45) is 0.147. The number of carbonyl (C=O) groups excluding carboxylic acids is 1. The second kappa shape index (κ2) is 8.02. The highest BCUT2D eigenvalue weighted by Gasteiger charge is 2.05. The number of ether oxygens (including phenoxy) is 1. The number of benzene rings is 2. The van der Waals surface area contributed by atoms with Crippen molar-refractivity contribution >= 4 is 33.2 Å². The van der Waals surface area contributed by atoms with Crippen LogP contribution in [0.3, 0.4) is 0 Å². The molecule has 2 rings (SSSR count). The summed E-state index contributed by atoms with van der Waals surface area (Å²) in [6, 6.07) is 13.3. The summed E-state index contributed by atoms with van der Waals surface area (Å²) < 4.78 is 6.58. The Balaban J connectivity index is 1.86. The van der Waals surface area contributed by atoms with E-state index in [0.29, 0.717) is 0 Å². The standard InChI is InChI=1S/C18H21BrN2O2/c1-12(2)23-16-7-5-15(6-8-16)20-11-18(22)21-17-9-4-14(19)10-13(17)3/h4-10,12,20H,11H2,1-3H3,(H,21,22). The summed E-state index contributed by atoms with van der Waals surface area (Å²) in [5.74, 6) is 0.735. The normalized spacial score (nSPS) is 10.5. The van der Waals surface area contributed by atoms with Crippen molar-refractivity contribution in [3.8, 4) is 5.75 Å². The predicted molar refractivity (Wildman–Crippen MR) is 98.2 cm³/mol. The molecule has 0 unspecified atom stereocenters. The quantitative estimate of drug-likeness (QED) is 0.774. The monoisotopic (exact) mass is 376 g/mol. The van der Waals surface area contributed by atoms with Gasteiger partial charge in [-0.2, -0.15) is 0 Å². The Morgan fingerprint density at radius 2 is 1.87 bits per heavy atom. The highest BCUT2D eigenvalue weighted by Crippen LogP contribution is 2.20. The van der Waals surface area contributed by atoms with Crippen molar-refractivity contribution < 1.29 is 9.53 Å². The SMILES string of the molecule is Cc1cc(Br)ccc1NC(=O)CNc1ccc(OC(C)C)cc1. The van der Waals surface area contributed by atoms with Gasteiger partial charge in [-0.3, -0.25) is 4.79 Å². The molecule has 0 aliphatic heterocycles. The molecular formula is C18H21BrN2O2. The van der Waals surface area contributed by atoms with Crippen LogP contribution in [0.4, 0.5) is 11.4 Å². The Morgan fingerprint density at radius 1 is 1.17 bits per heavy atom. The molecule has 0 saturated carbocycles. The van der Waals surface area contributed by atoms with E-state index in [1.807, 2.05) is 63.2 Å². The zero-order valence-electron chi connectivity index (χ0n) is 13.5. The summed E-state index contributed by atoms with van der Waals surface area (Å²) in [4.78, 5) is 12.0. The highest BCUT2D eigenvalue weighted by atomic mass is 79.9. The van der Waals surface area contributed by atoms with Gasteiger partial charge in [-0.05, 0) is 68.8 Å². The lowest BCUT2D eigenvalue weighted by atomic mass is 10.2. The molecule has 4 nitrogen and oxygen atoms in total. The molecule has 0 radical (unpaired) electrons. The van der Waals surface area contributed by atoms with Crippen molar-refractivity contribution in [3.63, 3.8) is 0 Å². The van der Waals surface area contributed by atoms with Crippen LogP contribution in [0.2, 0.25) is 0 Å². The van der Waals surface area contributed by atoms with Crippen molar-refractivity contribution in [3.05, 3.63) is 52.5 Å². The van der Waals surface area contributed by atoms with Crippen LogP contribution < -0.4 is 15.4 Å². The second-order valence-corrected chi connectivity index (χ2v) is 6.47. The van der Waals surface area contributed by atoms with Crippen LogP contribution in [-0.4, -0.2) is 18.6 Å². The molecule has 0 saturated heterocycles. The molecule has 0 fully saturated rings. The van der Waals surface area contributed by atoms with E-state index in [1.54, 1.807) is 0 Å². The Hall–Kier alpha value is -2.01. The maximum absolute atomic E-state index is 12.0. The van der Waals surface area contributed by atoms with Crippen LogP contribution in [0, 0.1) is 6.92 Å². The molecule has 2 aromatic rings. The lowest BCUT2D eigenvalue weighted by Gasteiger charge is -2.12. The molecule has 1 amide bonds. The fourth-order valence-corrected chi connectivity index (χ4v) is 2.54. The highest BCUT2D eigenvalue weighted by molar-refractivity contribution is 9.10. The van der Waals surface area contributed by atoms with Crippen LogP contribution in [0.1, 0.15) is 19.4 Å². The van der Waals surface area contributed by atoms with E-state index >= 15 is 0 Å². The van der Waals surface area contributed by atoms with Crippen molar-refractivity contribution in [2.75, 3.05) is 17.2 Å². The van der Waals surface area contributed by atoms with Gasteiger partial charge in [0.05, 0.1) is 12.6 Å². The van der Waals surface area contributed by atoms with E-state index in [9.17, 15) is 4.79 Å². The largest absolute Gasteiger partial charge is 0.491 e. The van der Waals surface area contributed by atoms with E-state index in [2.05, 4.69) is 26.6 Å². The lowest BCUT2D eigenvalue weighted by Crippen LogP contribution is -2.22.